The van der Waals surface area contributed by atoms with E-state index in [0.717, 1.165) is 18.7 Å². The Balaban J connectivity index is 1.83. The summed E-state index contributed by atoms with van der Waals surface area (Å²) >= 11 is 0. The molecule has 0 radical (unpaired) electrons. The third kappa shape index (κ3) is 1.96. The molecule has 2 rings (SSSR count). The molecule has 0 amide bonds. The number of H-pyrrole nitrogens is 1. The smallest absolute Gasteiger partial charge is 0.0922 e. The summed E-state index contributed by atoms with van der Waals surface area (Å²) in [6.07, 6.45) is 8.02. The van der Waals surface area contributed by atoms with E-state index in [0.29, 0.717) is 0 Å². The first-order chi connectivity index (χ1) is 6.85. The summed E-state index contributed by atoms with van der Waals surface area (Å²) in [4.78, 5) is 7.03. The highest BCUT2D eigenvalue weighted by Crippen LogP contribution is 2.34. The lowest BCUT2D eigenvalue weighted by molar-refractivity contribution is 0.129. The second kappa shape index (κ2) is 4.11. The van der Waals surface area contributed by atoms with E-state index in [9.17, 15) is 0 Å². The zero-order chi connectivity index (χ0) is 9.86. The molecule has 1 aromatic rings. The highest BCUT2D eigenvalue weighted by Gasteiger charge is 2.35. The first kappa shape index (κ1) is 9.68. The maximum Gasteiger partial charge on any atom is 0.0922 e. The zero-order valence-corrected chi connectivity index (χ0v) is 8.29. The molecule has 4 nitrogen and oxygen atoms in total. The van der Waals surface area contributed by atoms with E-state index in [4.69, 9.17) is 5.11 Å². The Hall–Kier alpha value is -0.870. The fourth-order valence-corrected chi connectivity index (χ4v) is 2.00. The van der Waals surface area contributed by atoms with Crippen LogP contribution in [0.3, 0.4) is 0 Å². The van der Waals surface area contributed by atoms with Gasteiger partial charge in [-0.1, -0.05) is 0 Å². The van der Waals surface area contributed by atoms with Crippen molar-refractivity contribution in [2.45, 2.75) is 37.8 Å². The van der Waals surface area contributed by atoms with Gasteiger partial charge in [-0.05, 0) is 25.7 Å². The van der Waals surface area contributed by atoms with Gasteiger partial charge in [0, 0.05) is 30.6 Å². The van der Waals surface area contributed by atoms with E-state index < -0.39 is 0 Å². The number of nitrogens with one attached hydrogen (secondary N) is 2. The first-order valence-electron chi connectivity index (χ1n) is 5.18. The number of aromatic amines is 1. The predicted octanol–water partition coefficient (Wildman–Crippen LogP) is 0.804. The van der Waals surface area contributed by atoms with Crippen molar-refractivity contribution in [3.05, 3.63) is 18.2 Å². The van der Waals surface area contributed by atoms with Gasteiger partial charge >= 0.3 is 0 Å². The summed E-state index contributed by atoms with van der Waals surface area (Å²) in [7, 11) is 0. The monoisotopic (exact) mass is 195 g/mol. The first-order valence-corrected chi connectivity index (χ1v) is 5.18. The number of imidazole rings is 1. The van der Waals surface area contributed by atoms with Crippen molar-refractivity contribution in [2.24, 2.45) is 0 Å². The predicted molar refractivity (Wildman–Crippen MR) is 53.7 cm³/mol. The lowest BCUT2D eigenvalue weighted by Gasteiger charge is -2.42. The molecule has 78 valence electrons. The van der Waals surface area contributed by atoms with Crippen molar-refractivity contribution in [3.63, 3.8) is 0 Å². The molecule has 0 atom stereocenters. The molecule has 0 aromatic carbocycles. The second-order valence-electron chi connectivity index (χ2n) is 4.04. The number of aromatic nitrogens is 2. The minimum absolute atomic E-state index is 0.194. The third-order valence-electron chi connectivity index (χ3n) is 3.11. The van der Waals surface area contributed by atoms with Crippen LogP contribution >= 0.6 is 0 Å². The van der Waals surface area contributed by atoms with Gasteiger partial charge in [0.05, 0.1) is 6.33 Å². The third-order valence-corrected chi connectivity index (χ3v) is 3.11. The number of aliphatic hydroxyl groups is 1. The molecule has 1 fully saturated rings. The van der Waals surface area contributed by atoms with Crippen molar-refractivity contribution in [3.8, 4) is 0 Å². The van der Waals surface area contributed by atoms with Crippen molar-refractivity contribution in [1.29, 1.82) is 0 Å². The molecule has 0 bridgehead atoms. The summed E-state index contributed by atoms with van der Waals surface area (Å²) < 4.78 is 0. The Morgan fingerprint density at radius 3 is 2.93 bits per heavy atom. The van der Waals surface area contributed by atoms with Gasteiger partial charge in [-0.3, -0.25) is 0 Å². The van der Waals surface area contributed by atoms with E-state index in [-0.39, 0.29) is 12.1 Å². The Morgan fingerprint density at radius 1 is 1.57 bits per heavy atom. The van der Waals surface area contributed by atoms with E-state index in [1.165, 1.54) is 19.3 Å². The average molecular weight is 195 g/mol. The Bertz CT molecular complexity index is 267. The average Bonchev–Trinajstić information content (AvgIpc) is 2.62. The molecule has 1 aromatic heterocycles. The molecule has 3 N–H and O–H groups in total. The topological polar surface area (TPSA) is 60.9 Å². The molecule has 0 aliphatic heterocycles. The molecular formula is C10H17N3O. The van der Waals surface area contributed by atoms with Crippen molar-refractivity contribution >= 4 is 0 Å². The standard InChI is InChI=1S/C10H17N3O/c14-5-4-10(2-1-3-10)13-7-9-6-11-8-12-9/h6,8,13-14H,1-5,7H2,(H,11,12). The van der Waals surface area contributed by atoms with Crippen LogP contribution in [0.25, 0.3) is 0 Å². The van der Waals surface area contributed by atoms with Crippen LogP contribution in [0, 0.1) is 0 Å². The summed E-state index contributed by atoms with van der Waals surface area (Å²) in [6, 6.07) is 0. The number of hydrogen-bond acceptors (Lipinski definition) is 3. The van der Waals surface area contributed by atoms with E-state index in [1.807, 2.05) is 6.20 Å². The summed E-state index contributed by atoms with van der Waals surface area (Å²) in [5.41, 5.74) is 1.30. The second-order valence-corrected chi connectivity index (χ2v) is 4.04. The Kier molecular flexibility index (Phi) is 2.84. The van der Waals surface area contributed by atoms with Gasteiger partial charge in [0.2, 0.25) is 0 Å². The van der Waals surface area contributed by atoms with Gasteiger partial charge in [0.25, 0.3) is 0 Å². The maximum absolute atomic E-state index is 8.96. The number of nitrogens with zero attached hydrogens (tertiary/aromatic N) is 1. The van der Waals surface area contributed by atoms with Gasteiger partial charge in [0.15, 0.2) is 0 Å². The van der Waals surface area contributed by atoms with Gasteiger partial charge < -0.3 is 15.4 Å². The molecule has 1 aliphatic carbocycles. The van der Waals surface area contributed by atoms with Crippen LogP contribution < -0.4 is 5.32 Å². The Morgan fingerprint density at radius 2 is 2.43 bits per heavy atom. The minimum atomic E-state index is 0.194. The SMILES string of the molecule is OCCC1(NCc2cnc[nH]2)CCC1. The molecule has 0 saturated heterocycles. The molecule has 4 heteroatoms. The van der Waals surface area contributed by atoms with Crippen LogP contribution in [0.5, 0.6) is 0 Å². The fraction of sp³-hybridized carbons (Fsp3) is 0.700. The van der Waals surface area contributed by atoms with Crippen molar-refractivity contribution < 1.29 is 5.11 Å². The normalized spacial score (nSPS) is 19.2. The van der Waals surface area contributed by atoms with Gasteiger partial charge in [0.1, 0.15) is 0 Å². The molecule has 0 unspecified atom stereocenters. The van der Waals surface area contributed by atoms with Gasteiger partial charge in [-0.25, -0.2) is 4.98 Å². The van der Waals surface area contributed by atoms with Crippen LogP contribution in [-0.2, 0) is 6.54 Å². The minimum Gasteiger partial charge on any atom is -0.396 e. The number of aliphatic hydroxyl groups excluding tert-OH is 1. The molecule has 0 spiro atoms. The van der Waals surface area contributed by atoms with E-state index >= 15 is 0 Å². The number of rotatable bonds is 5. The largest absolute Gasteiger partial charge is 0.396 e. The van der Waals surface area contributed by atoms with Crippen molar-refractivity contribution in [1.82, 2.24) is 15.3 Å². The van der Waals surface area contributed by atoms with Crippen LogP contribution in [0.15, 0.2) is 12.5 Å². The van der Waals surface area contributed by atoms with Gasteiger partial charge in [-0.2, -0.15) is 0 Å². The lowest BCUT2D eigenvalue weighted by Crippen LogP contribution is -2.51. The van der Waals surface area contributed by atoms with Gasteiger partial charge in [-0.15, -0.1) is 0 Å². The van der Waals surface area contributed by atoms with Crippen LogP contribution in [0.4, 0.5) is 0 Å². The summed E-state index contributed by atoms with van der Waals surface area (Å²) in [6.45, 7) is 1.09. The molecule has 1 heterocycles. The fourth-order valence-electron chi connectivity index (χ4n) is 2.00. The number of hydrogen-bond donors (Lipinski definition) is 3. The van der Waals surface area contributed by atoms with Crippen LogP contribution in [-0.4, -0.2) is 27.2 Å². The van der Waals surface area contributed by atoms with E-state index in [2.05, 4.69) is 15.3 Å². The maximum atomic E-state index is 8.96. The summed E-state index contributed by atoms with van der Waals surface area (Å²) in [5, 5.41) is 12.5. The lowest BCUT2D eigenvalue weighted by atomic mass is 9.74. The molecule has 1 saturated carbocycles. The van der Waals surface area contributed by atoms with Crippen molar-refractivity contribution in [2.75, 3.05) is 6.61 Å². The molecule has 1 aliphatic rings. The molecule has 14 heavy (non-hydrogen) atoms. The highest BCUT2D eigenvalue weighted by atomic mass is 16.3. The quantitative estimate of drug-likeness (QED) is 0.651. The summed E-state index contributed by atoms with van der Waals surface area (Å²) in [5.74, 6) is 0. The van der Waals surface area contributed by atoms with Crippen LogP contribution in [0.1, 0.15) is 31.4 Å². The van der Waals surface area contributed by atoms with E-state index in [1.54, 1.807) is 6.33 Å². The Labute approximate surface area is 83.8 Å². The zero-order valence-electron chi connectivity index (χ0n) is 8.29. The molecular weight excluding hydrogens is 178 g/mol. The highest BCUT2D eigenvalue weighted by molar-refractivity contribution is 5.00. The van der Waals surface area contributed by atoms with Crippen LogP contribution in [0.2, 0.25) is 0 Å².